The molecular formula is C29H38N2S2. The fourth-order valence-corrected chi connectivity index (χ4v) is 5.64. The van der Waals surface area contributed by atoms with Gasteiger partial charge in [0.05, 0.1) is 11.1 Å². The van der Waals surface area contributed by atoms with Crippen molar-refractivity contribution in [3.63, 3.8) is 0 Å². The molecule has 1 saturated heterocycles. The van der Waals surface area contributed by atoms with Crippen molar-refractivity contribution in [2.24, 2.45) is 0 Å². The van der Waals surface area contributed by atoms with Gasteiger partial charge in [-0.1, -0.05) is 94.6 Å². The highest BCUT2D eigenvalue weighted by Crippen LogP contribution is 2.42. The number of hydrogen-bond acceptors (Lipinski definition) is 4. The number of benzene rings is 2. The van der Waals surface area contributed by atoms with E-state index in [9.17, 15) is 0 Å². The monoisotopic (exact) mass is 478 g/mol. The van der Waals surface area contributed by atoms with Crippen LogP contribution in [0.15, 0.2) is 93.9 Å². The number of hydrogen-bond donors (Lipinski definition) is 0. The highest BCUT2D eigenvalue weighted by atomic mass is 32.2. The Balaban J connectivity index is 0.00000129. The van der Waals surface area contributed by atoms with E-state index in [4.69, 9.17) is 5.26 Å². The fourth-order valence-electron chi connectivity index (χ4n) is 3.19. The molecule has 0 aromatic heterocycles. The molecule has 1 heterocycles. The zero-order valence-electron chi connectivity index (χ0n) is 20.8. The number of nitriles is 1. The molecule has 33 heavy (non-hydrogen) atoms. The van der Waals surface area contributed by atoms with Crippen LogP contribution < -0.4 is 0 Å². The molecule has 2 aromatic rings. The lowest BCUT2D eigenvalue weighted by Crippen LogP contribution is -2.16. The zero-order chi connectivity index (χ0) is 24.5. The Labute approximate surface area is 210 Å². The van der Waals surface area contributed by atoms with Crippen LogP contribution in [0.25, 0.3) is 10.8 Å². The molecule has 4 heteroatoms. The van der Waals surface area contributed by atoms with Gasteiger partial charge in [-0.2, -0.15) is 5.26 Å². The third-order valence-corrected chi connectivity index (χ3v) is 7.02. The predicted molar refractivity (Wildman–Crippen MR) is 151 cm³/mol. The van der Waals surface area contributed by atoms with Crippen LogP contribution in [0.1, 0.15) is 53.9 Å². The molecule has 0 radical (unpaired) electrons. The van der Waals surface area contributed by atoms with Crippen LogP contribution in [0.3, 0.4) is 0 Å². The molecule has 1 aliphatic heterocycles. The van der Waals surface area contributed by atoms with Crippen molar-refractivity contribution in [1.82, 2.24) is 4.90 Å². The molecule has 0 aliphatic carbocycles. The number of rotatable bonds is 8. The molecule has 0 saturated carbocycles. The van der Waals surface area contributed by atoms with E-state index in [2.05, 4.69) is 66.1 Å². The third-order valence-electron chi connectivity index (χ3n) is 4.63. The average Bonchev–Trinajstić information content (AvgIpc) is 3.36. The van der Waals surface area contributed by atoms with Crippen LogP contribution in [0.4, 0.5) is 0 Å². The summed E-state index contributed by atoms with van der Waals surface area (Å²) in [6.07, 6.45) is 10.5. The van der Waals surface area contributed by atoms with Crippen LogP contribution in [-0.4, -0.2) is 17.2 Å². The smallest absolute Gasteiger partial charge is 0.0853 e. The molecular weight excluding hydrogens is 440 g/mol. The van der Waals surface area contributed by atoms with E-state index in [0.717, 1.165) is 30.8 Å². The normalized spacial score (nSPS) is 14.5. The van der Waals surface area contributed by atoms with Crippen molar-refractivity contribution in [2.75, 3.05) is 12.3 Å². The lowest BCUT2D eigenvalue weighted by atomic mass is 10.1. The standard InChI is InChI=1S/C25H26N2S2.2C2H6/c1-3-4-5-10-20(2)27-17-18-28-25(27)24(13-8-9-16-26)29-23-15-14-21-11-6-7-12-22(21)19-23;2*1-2/h3-7,10-12,14-15,19H,2,8-9,13,17-18H2,1H3;2*1-2H3/b4-3-,10-5-,25-24-;;. The molecule has 0 bridgehead atoms. The number of allylic oxidation sites excluding steroid dienone is 5. The Hall–Kier alpha value is -2.35. The van der Waals surface area contributed by atoms with E-state index in [1.807, 2.05) is 76.4 Å². The summed E-state index contributed by atoms with van der Waals surface area (Å²) in [5.41, 5.74) is 1.01. The van der Waals surface area contributed by atoms with Crippen molar-refractivity contribution in [1.29, 1.82) is 5.26 Å². The first-order chi connectivity index (χ1) is 16.2. The van der Waals surface area contributed by atoms with Crippen molar-refractivity contribution in [3.05, 3.63) is 89.0 Å². The van der Waals surface area contributed by atoms with Crippen molar-refractivity contribution in [2.45, 2.75) is 58.8 Å². The van der Waals surface area contributed by atoms with E-state index in [1.165, 1.54) is 25.6 Å². The summed E-state index contributed by atoms with van der Waals surface area (Å²) in [5.74, 6) is 1.06. The second-order valence-corrected chi connectivity index (χ2v) is 8.98. The fraction of sp³-hybridized carbons (Fsp3) is 0.345. The second kappa shape index (κ2) is 17.2. The molecule has 0 atom stereocenters. The average molecular weight is 479 g/mol. The number of nitrogens with zero attached hydrogens (tertiary/aromatic N) is 2. The Morgan fingerprint density at radius 2 is 1.85 bits per heavy atom. The zero-order valence-corrected chi connectivity index (χ0v) is 22.4. The van der Waals surface area contributed by atoms with Gasteiger partial charge in [0.25, 0.3) is 0 Å². The van der Waals surface area contributed by atoms with Gasteiger partial charge in [0.15, 0.2) is 0 Å². The molecule has 0 amide bonds. The number of fused-ring (bicyclic) bond motifs is 1. The SMILES string of the molecule is C=C(/C=C\C=C/C)N1CCS/C1=C(/CCCC#N)Sc1ccc2ccccc2c1.CC.CC. The predicted octanol–water partition coefficient (Wildman–Crippen LogP) is 9.54. The Bertz CT molecular complexity index is 996. The van der Waals surface area contributed by atoms with Crippen LogP contribution >= 0.6 is 23.5 Å². The quantitative estimate of drug-likeness (QED) is 0.214. The highest BCUT2D eigenvalue weighted by Gasteiger charge is 2.23. The van der Waals surface area contributed by atoms with Crippen LogP contribution in [0.2, 0.25) is 0 Å². The maximum Gasteiger partial charge on any atom is 0.0853 e. The topological polar surface area (TPSA) is 27.0 Å². The van der Waals surface area contributed by atoms with Crippen molar-refractivity contribution >= 4 is 34.3 Å². The Morgan fingerprint density at radius 1 is 1.12 bits per heavy atom. The van der Waals surface area contributed by atoms with Crippen molar-refractivity contribution in [3.8, 4) is 6.07 Å². The van der Waals surface area contributed by atoms with Crippen LogP contribution in [0.5, 0.6) is 0 Å². The summed E-state index contributed by atoms with van der Waals surface area (Å²) in [7, 11) is 0. The first-order valence-corrected chi connectivity index (χ1v) is 13.7. The molecule has 1 aliphatic rings. The summed E-state index contributed by atoms with van der Waals surface area (Å²) in [4.78, 5) is 4.89. The molecule has 3 rings (SSSR count). The molecule has 1 fully saturated rings. The lowest BCUT2D eigenvalue weighted by molar-refractivity contribution is 0.514. The largest absolute Gasteiger partial charge is 0.335 e. The van der Waals surface area contributed by atoms with Crippen molar-refractivity contribution < 1.29 is 0 Å². The van der Waals surface area contributed by atoms with E-state index in [-0.39, 0.29) is 0 Å². The van der Waals surface area contributed by atoms with E-state index < -0.39 is 0 Å². The molecule has 2 aromatic carbocycles. The first-order valence-electron chi connectivity index (χ1n) is 11.9. The summed E-state index contributed by atoms with van der Waals surface area (Å²) >= 11 is 3.73. The highest BCUT2D eigenvalue weighted by molar-refractivity contribution is 8.06. The molecule has 176 valence electrons. The Morgan fingerprint density at radius 3 is 2.55 bits per heavy atom. The first kappa shape index (κ1) is 28.7. The maximum atomic E-state index is 9.00. The second-order valence-electron chi connectivity index (χ2n) is 6.73. The number of unbranched alkanes of at least 4 members (excludes halogenated alkanes) is 1. The summed E-state index contributed by atoms with van der Waals surface area (Å²) in [5, 5.41) is 12.8. The van der Waals surface area contributed by atoms with E-state index in [0.29, 0.717) is 6.42 Å². The van der Waals surface area contributed by atoms with Gasteiger partial charge in [-0.15, -0.1) is 11.8 Å². The van der Waals surface area contributed by atoms with Gasteiger partial charge in [-0.3, -0.25) is 0 Å². The molecule has 0 N–H and O–H groups in total. The van der Waals surface area contributed by atoms with Crippen LogP contribution in [-0.2, 0) is 0 Å². The van der Waals surface area contributed by atoms with E-state index >= 15 is 0 Å². The Kier molecular flexibility index (Phi) is 14.9. The summed E-state index contributed by atoms with van der Waals surface area (Å²) in [6.45, 7) is 15.3. The molecule has 2 nitrogen and oxygen atoms in total. The van der Waals surface area contributed by atoms with Gasteiger partial charge in [0, 0.05) is 34.2 Å². The lowest BCUT2D eigenvalue weighted by Gasteiger charge is -2.22. The maximum absolute atomic E-state index is 9.00. The van der Waals surface area contributed by atoms with Gasteiger partial charge in [0.2, 0.25) is 0 Å². The summed E-state index contributed by atoms with van der Waals surface area (Å²) < 4.78 is 0. The van der Waals surface area contributed by atoms with Crippen LogP contribution in [0, 0.1) is 11.3 Å². The minimum absolute atomic E-state index is 0.585. The van der Waals surface area contributed by atoms with Gasteiger partial charge < -0.3 is 4.90 Å². The minimum atomic E-state index is 0.585. The van der Waals surface area contributed by atoms with E-state index in [1.54, 1.807) is 0 Å². The van der Waals surface area contributed by atoms with Gasteiger partial charge >= 0.3 is 0 Å². The summed E-state index contributed by atoms with van der Waals surface area (Å²) in [6, 6.07) is 17.4. The molecule has 0 unspecified atom stereocenters. The van der Waals surface area contributed by atoms with Gasteiger partial charge in [-0.25, -0.2) is 0 Å². The minimum Gasteiger partial charge on any atom is -0.335 e. The third kappa shape index (κ3) is 9.20. The van der Waals surface area contributed by atoms with Gasteiger partial charge in [-0.05, 0) is 48.7 Å². The van der Waals surface area contributed by atoms with Gasteiger partial charge in [0.1, 0.15) is 0 Å². The molecule has 0 spiro atoms. The number of thioether (sulfide) groups is 2.